The van der Waals surface area contributed by atoms with E-state index in [-0.39, 0.29) is 17.6 Å². The Bertz CT molecular complexity index is 720. The molecule has 1 saturated heterocycles. The van der Waals surface area contributed by atoms with Gasteiger partial charge in [-0.3, -0.25) is 4.79 Å². The minimum atomic E-state index is -0.119. The van der Waals surface area contributed by atoms with Gasteiger partial charge in [0.15, 0.2) is 0 Å². The molecule has 1 aromatic carbocycles. The zero-order valence-corrected chi connectivity index (χ0v) is 14.8. The van der Waals surface area contributed by atoms with Crippen LogP contribution in [0.2, 0.25) is 5.02 Å². The summed E-state index contributed by atoms with van der Waals surface area (Å²) in [6.07, 6.45) is 0.938. The summed E-state index contributed by atoms with van der Waals surface area (Å²) in [6.45, 7) is 7.19. The average Bonchev–Trinajstić information content (AvgIpc) is 2.83. The monoisotopic (exact) mass is 347 g/mol. The van der Waals surface area contributed by atoms with Crippen molar-refractivity contribution >= 4 is 17.5 Å². The molecule has 6 nitrogen and oxygen atoms in total. The van der Waals surface area contributed by atoms with E-state index in [1.165, 1.54) is 0 Å². The van der Waals surface area contributed by atoms with Crippen LogP contribution in [0.25, 0.3) is 5.69 Å². The Labute approximate surface area is 146 Å². The summed E-state index contributed by atoms with van der Waals surface area (Å²) in [5.41, 5.74) is 0.743. The van der Waals surface area contributed by atoms with Crippen LogP contribution in [0.3, 0.4) is 0 Å². The molecule has 128 valence electrons. The lowest BCUT2D eigenvalue weighted by Crippen LogP contribution is -2.34. The molecule has 1 aliphatic rings. The van der Waals surface area contributed by atoms with E-state index in [0.29, 0.717) is 11.6 Å². The van der Waals surface area contributed by atoms with Crippen LogP contribution in [0.5, 0.6) is 0 Å². The van der Waals surface area contributed by atoms with Gasteiger partial charge in [-0.2, -0.15) is 0 Å². The molecule has 0 atom stereocenters. The van der Waals surface area contributed by atoms with Gasteiger partial charge in [-0.15, -0.1) is 5.10 Å². The first-order valence-corrected chi connectivity index (χ1v) is 8.67. The highest BCUT2D eigenvalue weighted by molar-refractivity contribution is 6.32. The standard InChI is InChI=1S/C17H22ClN5O/c1-12(2)16-20-15(17(24)22-10-5-8-19-9-11-22)21-23(16)14-7-4-3-6-13(14)18/h3-4,6-7,12,19H,5,8-11H2,1-2H3. The summed E-state index contributed by atoms with van der Waals surface area (Å²) >= 11 is 6.30. The number of carbonyl (C=O) groups is 1. The molecule has 1 N–H and O–H groups in total. The maximum absolute atomic E-state index is 12.8. The molecular formula is C17H22ClN5O. The zero-order valence-electron chi connectivity index (χ0n) is 14.0. The van der Waals surface area contributed by atoms with Gasteiger partial charge >= 0.3 is 0 Å². The summed E-state index contributed by atoms with van der Waals surface area (Å²) in [4.78, 5) is 19.1. The fraction of sp³-hybridized carbons (Fsp3) is 0.471. The fourth-order valence-electron chi connectivity index (χ4n) is 2.78. The highest BCUT2D eigenvalue weighted by atomic mass is 35.5. The van der Waals surface area contributed by atoms with Gasteiger partial charge in [0, 0.05) is 25.6 Å². The third-order valence-corrected chi connectivity index (χ3v) is 4.37. The van der Waals surface area contributed by atoms with Gasteiger partial charge in [0.05, 0.1) is 10.7 Å². The van der Waals surface area contributed by atoms with Crippen LogP contribution < -0.4 is 5.32 Å². The summed E-state index contributed by atoms with van der Waals surface area (Å²) in [6, 6.07) is 7.46. The summed E-state index contributed by atoms with van der Waals surface area (Å²) in [5, 5.41) is 8.36. The number of nitrogens with one attached hydrogen (secondary N) is 1. The lowest BCUT2D eigenvalue weighted by atomic mass is 10.2. The third kappa shape index (κ3) is 3.44. The Hall–Kier alpha value is -1.92. The van der Waals surface area contributed by atoms with E-state index in [1.807, 2.05) is 43.0 Å². The van der Waals surface area contributed by atoms with Gasteiger partial charge in [-0.25, -0.2) is 9.67 Å². The van der Waals surface area contributed by atoms with Crippen molar-refractivity contribution in [2.45, 2.75) is 26.2 Å². The topological polar surface area (TPSA) is 63.1 Å². The van der Waals surface area contributed by atoms with Crippen LogP contribution in [0, 0.1) is 0 Å². The van der Waals surface area contributed by atoms with E-state index in [0.717, 1.165) is 37.6 Å². The second-order valence-electron chi connectivity index (χ2n) is 6.21. The zero-order chi connectivity index (χ0) is 17.1. The van der Waals surface area contributed by atoms with Crippen molar-refractivity contribution in [1.29, 1.82) is 0 Å². The summed E-state index contributed by atoms with van der Waals surface area (Å²) < 4.78 is 1.69. The molecule has 1 amide bonds. The van der Waals surface area contributed by atoms with E-state index in [1.54, 1.807) is 4.68 Å². The number of aromatic nitrogens is 3. The highest BCUT2D eigenvalue weighted by Crippen LogP contribution is 2.24. The molecule has 1 aromatic heterocycles. The Morgan fingerprint density at radius 2 is 2.04 bits per heavy atom. The second-order valence-corrected chi connectivity index (χ2v) is 6.61. The molecule has 24 heavy (non-hydrogen) atoms. The lowest BCUT2D eigenvalue weighted by Gasteiger charge is -2.17. The SMILES string of the molecule is CC(C)c1nc(C(=O)N2CCCNCC2)nn1-c1ccccc1Cl. The van der Waals surface area contributed by atoms with Crippen molar-refractivity contribution in [2.24, 2.45) is 0 Å². The molecule has 2 aromatic rings. The number of para-hydroxylation sites is 1. The van der Waals surface area contributed by atoms with Gasteiger partial charge in [0.2, 0.25) is 5.82 Å². The van der Waals surface area contributed by atoms with Crippen LogP contribution >= 0.6 is 11.6 Å². The molecular weight excluding hydrogens is 326 g/mol. The number of rotatable bonds is 3. The van der Waals surface area contributed by atoms with Gasteiger partial charge in [-0.05, 0) is 25.1 Å². The molecule has 0 unspecified atom stereocenters. The van der Waals surface area contributed by atoms with Crippen LogP contribution in [0.15, 0.2) is 24.3 Å². The Kier molecular flexibility index (Phi) is 5.16. The molecule has 0 bridgehead atoms. The maximum Gasteiger partial charge on any atom is 0.293 e. The normalized spacial score (nSPS) is 15.6. The van der Waals surface area contributed by atoms with Crippen molar-refractivity contribution in [2.75, 3.05) is 26.2 Å². The number of carbonyl (C=O) groups excluding carboxylic acids is 1. The van der Waals surface area contributed by atoms with Crippen LogP contribution in [-0.2, 0) is 0 Å². The van der Waals surface area contributed by atoms with Crippen molar-refractivity contribution in [3.8, 4) is 5.69 Å². The van der Waals surface area contributed by atoms with E-state index in [2.05, 4.69) is 15.4 Å². The Morgan fingerprint density at radius 3 is 2.79 bits per heavy atom. The van der Waals surface area contributed by atoms with Crippen LogP contribution in [0.4, 0.5) is 0 Å². The third-order valence-electron chi connectivity index (χ3n) is 4.05. The first-order chi connectivity index (χ1) is 11.6. The Balaban J connectivity index is 1.97. The van der Waals surface area contributed by atoms with Crippen LogP contribution in [-0.4, -0.2) is 51.8 Å². The van der Waals surface area contributed by atoms with E-state index >= 15 is 0 Å². The quantitative estimate of drug-likeness (QED) is 0.926. The molecule has 1 fully saturated rings. The second kappa shape index (κ2) is 7.32. The first-order valence-electron chi connectivity index (χ1n) is 8.30. The minimum absolute atomic E-state index is 0.119. The molecule has 1 aliphatic heterocycles. The first kappa shape index (κ1) is 16.9. The van der Waals surface area contributed by atoms with Gasteiger partial charge < -0.3 is 10.2 Å². The summed E-state index contributed by atoms with van der Waals surface area (Å²) in [5.74, 6) is 0.979. The fourth-order valence-corrected chi connectivity index (χ4v) is 3.00. The molecule has 3 rings (SSSR count). The average molecular weight is 348 g/mol. The number of nitrogens with zero attached hydrogens (tertiary/aromatic N) is 4. The minimum Gasteiger partial charge on any atom is -0.335 e. The predicted molar refractivity (Wildman–Crippen MR) is 93.8 cm³/mol. The lowest BCUT2D eigenvalue weighted by molar-refractivity contribution is 0.0754. The van der Waals surface area contributed by atoms with Gasteiger partial charge in [-0.1, -0.05) is 37.6 Å². The Morgan fingerprint density at radius 1 is 1.25 bits per heavy atom. The number of hydrogen-bond acceptors (Lipinski definition) is 4. The number of amides is 1. The molecule has 0 saturated carbocycles. The van der Waals surface area contributed by atoms with Crippen molar-refractivity contribution < 1.29 is 4.79 Å². The van der Waals surface area contributed by atoms with E-state index in [9.17, 15) is 4.79 Å². The molecule has 0 radical (unpaired) electrons. The van der Waals surface area contributed by atoms with E-state index < -0.39 is 0 Å². The maximum atomic E-state index is 12.8. The smallest absolute Gasteiger partial charge is 0.293 e. The molecule has 0 aliphatic carbocycles. The van der Waals surface area contributed by atoms with Gasteiger partial charge in [0.25, 0.3) is 5.91 Å². The highest BCUT2D eigenvalue weighted by Gasteiger charge is 2.24. The van der Waals surface area contributed by atoms with Crippen molar-refractivity contribution in [3.05, 3.63) is 40.9 Å². The van der Waals surface area contributed by atoms with E-state index in [4.69, 9.17) is 11.6 Å². The number of halogens is 1. The van der Waals surface area contributed by atoms with Crippen molar-refractivity contribution in [1.82, 2.24) is 25.0 Å². The largest absolute Gasteiger partial charge is 0.335 e. The molecule has 0 spiro atoms. The molecule has 2 heterocycles. The van der Waals surface area contributed by atoms with Crippen molar-refractivity contribution in [3.63, 3.8) is 0 Å². The van der Waals surface area contributed by atoms with Crippen LogP contribution in [0.1, 0.15) is 42.6 Å². The number of benzene rings is 1. The number of hydrogen-bond donors (Lipinski definition) is 1. The predicted octanol–water partition coefficient (Wildman–Crippen LogP) is 2.48. The summed E-state index contributed by atoms with van der Waals surface area (Å²) in [7, 11) is 0. The van der Waals surface area contributed by atoms with Gasteiger partial charge in [0.1, 0.15) is 5.82 Å². The molecule has 7 heteroatoms.